The van der Waals surface area contributed by atoms with Gasteiger partial charge in [0.1, 0.15) is 0 Å². The van der Waals surface area contributed by atoms with E-state index in [-0.39, 0.29) is 18.0 Å². The van der Waals surface area contributed by atoms with E-state index in [9.17, 15) is 4.79 Å². The van der Waals surface area contributed by atoms with Crippen LogP contribution < -0.4 is 11.1 Å². The van der Waals surface area contributed by atoms with Crippen molar-refractivity contribution < 1.29 is 9.53 Å². The zero-order chi connectivity index (χ0) is 14.8. The summed E-state index contributed by atoms with van der Waals surface area (Å²) in [5.74, 6) is 0.286. The SMILES string of the molecule is CC(C)C(NC(=O)C1(C)COCC1N)c1ccccc1. The first kappa shape index (κ1) is 15.0. The van der Waals surface area contributed by atoms with E-state index in [1.54, 1.807) is 0 Å². The molecule has 0 aliphatic carbocycles. The van der Waals surface area contributed by atoms with Crippen molar-refractivity contribution >= 4 is 5.91 Å². The number of nitrogens with one attached hydrogen (secondary N) is 1. The fourth-order valence-electron chi connectivity index (χ4n) is 2.52. The van der Waals surface area contributed by atoms with Gasteiger partial charge >= 0.3 is 0 Å². The Morgan fingerprint density at radius 1 is 1.40 bits per heavy atom. The molecule has 0 bridgehead atoms. The number of carbonyl (C=O) groups is 1. The molecule has 0 spiro atoms. The first-order valence-corrected chi connectivity index (χ1v) is 7.14. The zero-order valence-electron chi connectivity index (χ0n) is 12.4. The molecule has 1 heterocycles. The van der Waals surface area contributed by atoms with Gasteiger partial charge in [-0.3, -0.25) is 4.79 Å². The molecule has 4 nitrogen and oxygen atoms in total. The highest BCUT2D eigenvalue weighted by molar-refractivity contribution is 5.84. The van der Waals surface area contributed by atoms with Gasteiger partial charge in [-0.2, -0.15) is 0 Å². The normalized spacial score (nSPS) is 27.6. The third-order valence-electron chi connectivity index (χ3n) is 4.15. The van der Waals surface area contributed by atoms with Crippen molar-refractivity contribution in [3.63, 3.8) is 0 Å². The van der Waals surface area contributed by atoms with Crippen LogP contribution in [0.2, 0.25) is 0 Å². The lowest BCUT2D eigenvalue weighted by Gasteiger charge is -2.30. The van der Waals surface area contributed by atoms with E-state index < -0.39 is 5.41 Å². The number of amides is 1. The van der Waals surface area contributed by atoms with E-state index in [0.717, 1.165) is 5.56 Å². The largest absolute Gasteiger partial charge is 0.379 e. The number of carbonyl (C=O) groups excluding carboxylic acids is 1. The highest BCUT2D eigenvalue weighted by Gasteiger charge is 2.45. The standard InChI is InChI=1S/C16H24N2O2/c1-11(2)14(12-7-5-4-6-8-12)18-15(19)16(3)10-20-9-13(16)17/h4-8,11,13-14H,9-10,17H2,1-3H3,(H,18,19). The second-order valence-electron chi connectivity index (χ2n) is 6.14. The van der Waals surface area contributed by atoms with Crippen LogP contribution >= 0.6 is 0 Å². The summed E-state index contributed by atoms with van der Waals surface area (Å²) < 4.78 is 5.36. The fourth-order valence-corrected chi connectivity index (χ4v) is 2.52. The molecule has 2 rings (SSSR count). The molecule has 1 fully saturated rings. The monoisotopic (exact) mass is 276 g/mol. The molecule has 0 aromatic heterocycles. The predicted molar refractivity (Wildman–Crippen MR) is 79.1 cm³/mol. The van der Waals surface area contributed by atoms with E-state index in [4.69, 9.17) is 10.5 Å². The maximum absolute atomic E-state index is 12.6. The lowest BCUT2D eigenvalue weighted by Crippen LogP contribution is -2.51. The lowest BCUT2D eigenvalue weighted by molar-refractivity contribution is -0.131. The Hall–Kier alpha value is -1.39. The molecule has 0 saturated carbocycles. The summed E-state index contributed by atoms with van der Waals surface area (Å²) in [4.78, 5) is 12.6. The van der Waals surface area contributed by atoms with Crippen molar-refractivity contribution in [1.82, 2.24) is 5.32 Å². The Bertz CT molecular complexity index is 461. The smallest absolute Gasteiger partial charge is 0.230 e. The Balaban J connectivity index is 2.15. The van der Waals surface area contributed by atoms with Crippen molar-refractivity contribution in [1.29, 1.82) is 0 Å². The zero-order valence-corrected chi connectivity index (χ0v) is 12.4. The first-order chi connectivity index (χ1) is 9.45. The summed E-state index contributed by atoms with van der Waals surface area (Å²) in [6.45, 7) is 6.92. The molecule has 4 heteroatoms. The van der Waals surface area contributed by atoms with Gasteiger partial charge in [0.25, 0.3) is 0 Å². The first-order valence-electron chi connectivity index (χ1n) is 7.14. The van der Waals surface area contributed by atoms with Gasteiger partial charge in [-0.1, -0.05) is 44.2 Å². The Morgan fingerprint density at radius 3 is 2.55 bits per heavy atom. The number of nitrogens with two attached hydrogens (primary N) is 1. The van der Waals surface area contributed by atoms with Crippen LogP contribution in [0.3, 0.4) is 0 Å². The predicted octanol–water partition coefficient (Wildman–Crippen LogP) is 1.86. The van der Waals surface area contributed by atoms with Crippen LogP contribution in [0.15, 0.2) is 30.3 Å². The second kappa shape index (κ2) is 5.94. The van der Waals surface area contributed by atoms with E-state index in [1.165, 1.54) is 0 Å². The molecule has 3 atom stereocenters. The summed E-state index contributed by atoms with van der Waals surface area (Å²) in [6.07, 6.45) is 0. The van der Waals surface area contributed by atoms with Crippen LogP contribution in [0.4, 0.5) is 0 Å². The summed E-state index contributed by atoms with van der Waals surface area (Å²) in [7, 11) is 0. The van der Waals surface area contributed by atoms with E-state index >= 15 is 0 Å². The number of hydrogen-bond acceptors (Lipinski definition) is 3. The second-order valence-corrected chi connectivity index (χ2v) is 6.14. The van der Waals surface area contributed by atoms with Gasteiger partial charge in [-0.15, -0.1) is 0 Å². The van der Waals surface area contributed by atoms with Crippen molar-refractivity contribution in [2.45, 2.75) is 32.9 Å². The van der Waals surface area contributed by atoms with Crippen molar-refractivity contribution in [2.75, 3.05) is 13.2 Å². The summed E-state index contributed by atoms with van der Waals surface area (Å²) >= 11 is 0. The lowest BCUT2D eigenvalue weighted by atomic mass is 9.83. The number of hydrogen-bond donors (Lipinski definition) is 2. The van der Waals surface area contributed by atoms with Gasteiger partial charge in [0.15, 0.2) is 0 Å². The van der Waals surface area contributed by atoms with Gasteiger partial charge in [0, 0.05) is 6.04 Å². The average Bonchev–Trinajstić information content (AvgIpc) is 2.77. The quantitative estimate of drug-likeness (QED) is 0.882. The van der Waals surface area contributed by atoms with Gasteiger partial charge in [-0.25, -0.2) is 0 Å². The van der Waals surface area contributed by atoms with E-state index in [0.29, 0.717) is 19.1 Å². The van der Waals surface area contributed by atoms with E-state index in [1.807, 2.05) is 37.3 Å². The molecule has 1 aromatic rings. The Labute approximate surface area is 120 Å². The van der Waals surface area contributed by atoms with Gasteiger partial charge in [0.05, 0.1) is 24.7 Å². The average molecular weight is 276 g/mol. The summed E-state index contributed by atoms with van der Waals surface area (Å²) in [6, 6.07) is 9.78. The topological polar surface area (TPSA) is 64.3 Å². The van der Waals surface area contributed by atoms with Crippen LogP contribution in [0, 0.1) is 11.3 Å². The molecule has 20 heavy (non-hydrogen) atoms. The molecule has 1 aliphatic rings. The molecule has 1 saturated heterocycles. The molecule has 3 unspecified atom stereocenters. The minimum Gasteiger partial charge on any atom is -0.379 e. The van der Waals surface area contributed by atoms with Crippen LogP contribution in [-0.4, -0.2) is 25.2 Å². The molecule has 1 amide bonds. The minimum atomic E-state index is -0.637. The Kier molecular flexibility index (Phi) is 4.45. The highest BCUT2D eigenvalue weighted by atomic mass is 16.5. The summed E-state index contributed by atoms with van der Waals surface area (Å²) in [5, 5.41) is 3.15. The van der Waals surface area contributed by atoms with Crippen molar-refractivity contribution in [2.24, 2.45) is 17.1 Å². The molecule has 3 N–H and O–H groups in total. The minimum absolute atomic E-state index is 0.00618. The number of rotatable bonds is 4. The fraction of sp³-hybridized carbons (Fsp3) is 0.562. The Morgan fingerprint density at radius 2 is 2.05 bits per heavy atom. The number of benzene rings is 1. The van der Waals surface area contributed by atoms with Crippen molar-refractivity contribution in [3.05, 3.63) is 35.9 Å². The van der Waals surface area contributed by atoms with Gasteiger partial charge in [-0.05, 0) is 18.4 Å². The third kappa shape index (κ3) is 2.86. The van der Waals surface area contributed by atoms with E-state index in [2.05, 4.69) is 19.2 Å². The molecule has 110 valence electrons. The maximum Gasteiger partial charge on any atom is 0.230 e. The van der Waals surface area contributed by atoms with Crippen molar-refractivity contribution in [3.8, 4) is 0 Å². The number of ether oxygens (including phenoxy) is 1. The highest BCUT2D eigenvalue weighted by Crippen LogP contribution is 2.30. The molecular formula is C16H24N2O2. The van der Waals surface area contributed by atoms with Gasteiger partial charge in [0.2, 0.25) is 5.91 Å². The van der Waals surface area contributed by atoms with Crippen LogP contribution in [0.5, 0.6) is 0 Å². The van der Waals surface area contributed by atoms with Crippen LogP contribution in [-0.2, 0) is 9.53 Å². The van der Waals surface area contributed by atoms with Gasteiger partial charge < -0.3 is 15.8 Å². The van der Waals surface area contributed by atoms with Crippen LogP contribution in [0.25, 0.3) is 0 Å². The molecule has 1 aromatic carbocycles. The maximum atomic E-state index is 12.6. The molecule has 0 radical (unpaired) electrons. The molecular weight excluding hydrogens is 252 g/mol. The summed E-state index contributed by atoms with van der Waals surface area (Å²) in [5.41, 5.74) is 6.50. The third-order valence-corrected chi connectivity index (χ3v) is 4.15. The van der Waals surface area contributed by atoms with Crippen LogP contribution in [0.1, 0.15) is 32.4 Å². The molecule has 1 aliphatic heterocycles.